The molecule has 0 bridgehead atoms. The Morgan fingerprint density at radius 1 is 1.64 bits per heavy atom. The lowest BCUT2D eigenvalue weighted by Gasteiger charge is -2.11. The van der Waals surface area contributed by atoms with Gasteiger partial charge >= 0.3 is 5.97 Å². The van der Waals surface area contributed by atoms with Crippen LogP contribution in [-0.2, 0) is 10.2 Å². The van der Waals surface area contributed by atoms with Crippen molar-refractivity contribution in [2.24, 2.45) is 5.92 Å². The Morgan fingerprint density at radius 3 is 2.71 bits per heavy atom. The van der Waals surface area contributed by atoms with Crippen LogP contribution in [-0.4, -0.2) is 11.1 Å². The van der Waals surface area contributed by atoms with E-state index in [1.54, 1.807) is 0 Å². The van der Waals surface area contributed by atoms with Crippen molar-refractivity contribution in [2.75, 3.05) is 0 Å². The Morgan fingerprint density at radius 2 is 2.29 bits per heavy atom. The average molecular weight is 255 g/mol. The van der Waals surface area contributed by atoms with Crippen LogP contribution in [0.15, 0.2) is 28.7 Å². The monoisotopic (exact) mass is 254 g/mol. The molecule has 2 nitrogen and oxygen atoms in total. The number of carboxylic acid groups (broad SMARTS) is 1. The highest BCUT2D eigenvalue weighted by atomic mass is 79.9. The van der Waals surface area contributed by atoms with Gasteiger partial charge in [0, 0.05) is 4.47 Å². The molecule has 0 saturated heterocycles. The summed E-state index contributed by atoms with van der Waals surface area (Å²) in [5.74, 6) is -0.461. The molecule has 2 rings (SSSR count). The smallest absolute Gasteiger partial charge is 0.314 e. The highest BCUT2D eigenvalue weighted by molar-refractivity contribution is 9.10. The fourth-order valence-electron chi connectivity index (χ4n) is 2.01. The molecular weight excluding hydrogens is 244 g/mol. The number of carbonyl (C=O) groups is 1. The van der Waals surface area contributed by atoms with Gasteiger partial charge in [-0.05, 0) is 30.0 Å². The van der Waals surface area contributed by atoms with Gasteiger partial charge in [-0.2, -0.15) is 0 Å². The van der Waals surface area contributed by atoms with Crippen molar-refractivity contribution in [1.29, 1.82) is 0 Å². The molecule has 1 aromatic rings. The van der Waals surface area contributed by atoms with Crippen LogP contribution in [0.3, 0.4) is 0 Å². The van der Waals surface area contributed by atoms with E-state index in [1.165, 1.54) is 0 Å². The molecule has 1 N–H and O–H groups in total. The fraction of sp³-hybridized carbons (Fsp3) is 0.364. The second-order valence-electron chi connectivity index (χ2n) is 3.89. The van der Waals surface area contributed by atoms with Crippen LogP contribution in [0.5, 0.6) is 0 Å². The summed E-state index contributed by atoms with van der Waals surface area (Å²) in [6.45, 7) is 1.98. The summed E-state index contributed by atoms with van der Waals surface area (Å²) in [5.41, 5.74) is 0.288. The van der Waals surface area contributed by atoms with E-state index < -0.39 is 11.4 Å². The molecule has 1 aliphatic rings. The van der Waals surface area contributed by atoms with Crippen LogP contribution in [0.2, 0.25) is 0 Å². The highest BCUT2D eigenvalue weighted by Crippen LogP contribution is 2.54. The van der Waals surface area contributed by atoms with Gasteiger partial charge in [0.05, 0.1) is 5.41 Å². The summed E-state index contributed by atoms with van der Waals surface area (Å²) in [4.78, 5) is 11.2. The first-order chi connectivity index (χ1) is 6.57. The van der Waals surface area contributed by atoms with Gasteiger partial charge in [0.25, 0.3) is 0 Å². The molecule has 1 saturated carbocycles. The zero-order valence-corrected chi connectivity index (χ0v) is 9.41. The Labute approximate surface area is 91.1 Å². The largest absolute Gasteiger partial charge is 0.481 e. The number of benzene rings is 1. The van der Waals surface area contributed by atoms with Crippen LogP contribution >= 0.6 is 15.9 Å². The number of hydrogen-bond donors (Lipinski definition) is 1. The van der Waals surface area contributed by atoms with Crippen molar-refractivity contribution in [3.8, 4) is 0 Å². The molecule has 14 heavy (non-hydrogen) atoms. The molecule has 1 aromatic carbocycles. The van der Waals surface area contributed by atoms with E-state index in [4.69, 9.17) is 0 Å². The third kappa shape index (κ3) is 1.27. The van der Waals surface area contributed by atoms with Gasteiger partial charge < -0.3 is 5.11 Å². The molecule has 74 valence electrons. The molecule has 0 amide bonds. The van der Waals surface area contributed by atoms with Gasteiger partial charge in [0.2, 0.25) is 0 Å². The third-order valence-electron chi connectivity index (χ3n) is 3.03. The number of rotatable bonds is 2. The zero-order chi connectivity index (χ0) is 10.3. The molecule has 0 aliphatic heterocycles. The van der Waals surface area contributed by atoms with Gasteiger partial charge in [-0.1, -0.05) is 35.0 Å². The fourth-order valence-corrected chi connectivity index (χ4v) is 2.41. The van der Waals surface area contributed by atoms with Crippen molar-refractivity contribution >= 4 is 21.9 Å². The third-order valence-corrected chi connectivity index (χ3v) is 3.52. The van der Waals surface area contributed by atoms with Crippen molar-refractivity contribution in [3.05, 3.63) is 34.3 Å². The maximum Gasteiger partial charge on any atom is 0.314 e. The summed E-state index contributed by atoms with van der Waals surface area (Å²) >= 11 is 3.36. The summed E-state index contributed by atoms with van der Waals surface area (Å²) in [6, 6.07) is 7.58. The lowest BCUT2D eigenvalue weighted by Crippen LogP contribution is -2.21. The quantitative estimate of drug-likeness (QED) is 0.882. The maximum atomic E-state index is 11.2. The summed E-state index contributed by atoms with van der Waals surface area (Å²) in [7, 11) is 0. The molecule has 0 spiro atoms. The SMILES string of the molecule is CC1CC1(C(=O)O)c1cccc(Br)c1. The van der Waals surface area contributed by atoms with E-state index in [2.05, 4.69) is 15.9 Å². The molecule has 0 radical (unpaired) electrons. The van der Waals surface area contributed by atoms with E-state index >= 15 is 0 Å². The van der Waals surface area contributed by atoms with Gasteiger partial charge in [-0.15, -0.1) is 0 Å². The summed E-state index contributed by atoms with van der Waals surface area (Å²) in [6.07, 6.45) is 0.749. The first-order valence-corrected chi connectivity index (χ1v) is 5.36. The number of halogens is 1. The minimum atomic E-state index is -0.705. The normalized spacial score (nSPS) is 30.0. The highest BCUT2D eigenvalue weighted by Gasteiger charge is 2.58. The number of hydrogen-bond acceptors (Lipinski definition) is 1. The van der Waals surface area contributed by atoms with E-state index in [9.17, 15) is 9.90 Å². The Kier molecular flexibility index (Phi) is 2.14. The van der Waals surface area contributed by atoms with E-state index in [-0.39, 0.29) is 5.92 Å². The zero-order valence-electron chi connectivity index (χ0n) is 7.83. The Hall–Kier alpha value is -0.830. The molecule has 2 unspecified atom stereocenters. The standard InChI is InChI=1S/C11H11BrO2/c1-7-6-11(7,10(13)14)8-3-2-4-9(12)5-8/h2-5,7H,6H2,1H3,(H,13,14). The van der Waals surface area contributed by atoms with E-state index in [0.29, 0.717) is 0 Å². The lowest BCUT2D eigenvalue weighted by atomic mass is 9.94. The maximum absolute atomic E-state index is 11.2. The van der Waals surface area contributed by atoms with Gasteiger partial charge in [-0.25, -0.2) is 0 Å². The molecule has 1 fully saturated rings. The minimum Gasteiger partial charge on any atom is -0.481 e. The van der Waals surface area contributed by atoms with E-state index in [0.717, 1.165) is 16.5 Å². The first-order valence-electron chi connectivity index (χ1n) is 4.57. The molecule has 2 atom stereocenters. The molecule has 0 heterocycles. The van der Waals surface area contributed by atoms with Crippen LogP contribution in [0, 0.1) is 5.92 Å². The van der Waals surface area contributed by atoms with E-state index in [1.807, 2.05) is 31.2 Å². The first kappa shape index (κ1) is 9.71. The van der Waals surface area contributed by atoms with Crippen molar-refractivity contribution in [1.82, 2.24) is 0 Å². The topological polar surface area (TPSA) is 37.3 Å². The lowest BCUT2D eigenvalue weighted by molar-refractivity contribution is -0.140. The number of aliphatic carboxylic acids is 1. The van der Waals surface area contributed by atoms with Crippen LogP contribution < -0.4 is 0 Å². The van der Waals surface area contributed by atoms with Gasteiger partial charge in [0.1, 0.15) is 0 Å². The van der Waals surface area contributed by atoms with Crippen LogP contribution in [0.4, 0.5) is 0 Å². The average Bonchev–Trinajstić information content (AvgIpc) is 2.79. The summed E-state index contributed by atoms with van der Waals surface area (Å²) in [5, 5.41) is 9.20. The Bertz CT molecular complexity index is 389. The molecular formula is C11H11BrO2. The van der Waals surface area contributed by atoms with Gasteiger partial charge in [-0.3, -0.25) is 4.79 Å². The Balaban J connectivity index is 2.44. The predicted octanol–water partition coefficient (Wildman–Crippen LogP) is 2.81. The van der Waals surface area contributed by atoms with Crippen molar-refractivity contribution in [2.45, 2.75) is 18.8 Å². The molecule has 1 aliphatic carbocycles. The van der Waals surface area contributed by atoms with Crippen LogP contribution in [0.25, 0.3) is 0 Å². The molecule has 0 aromatic heterocycles. The summed E-state index contributed by atoms with van der Waals surface area (Å²) < 4.78 is 0.940. The van der Waals surface area contributed by atoms with Crippen molar-refractivity contribution in [3.63, 3.8) is 0 Å². The minimum absolute atomic E-state index is 0.245. The van der Waals surface area contributed by atoms with Crippen LogP contribution in [0.1, 0.15) is 18.9 Å². The number of carboxylic acids is 1. The second-order valence-corrected chi connectivity index (χ2v) is 4.81. The predicted molar refractivity (Wildman–Crippen MR) is 57.2 cm³/mol. The van der Waals surface area contributed by atoms with Crippen molar-refractivity contribution < 1.29 is 9.90 Å². The molecule has 3 heteroatoms. The second kappa shape index (κ2) is 3.09. The van der Waals surface area contributed by atoms with Gasteiger partial charge in [0.15, 0.2) is 0 Å².